The predicted molar refractivity (Wildman–Crippen MR) is 116 cm³/mol. The second-order valence-electron chi connectivity index (χ2n) is 6.41. The maximum absolute atomic E-state index is 12.8. The van der Waals surface area contributed by atoms with Crippen LogP contribution in [-0.2, 0) is 11.3 Å². The van der Waals surface area contributed by atoms with Crippen molar-refractivity contribution in [1.82, 2.24) is 9.55 Å². The van der Waals surface area contributed by atoms with Gasteiger partial charge in [0.1, 0.15) is 4.70 Å². The van der Waals surface area contributed by atoms with Crippen LogP contribution in [-0.4, -0.2) is 27.5 Å². The van der Waals surface area contributed by atoms with Crippen LogP contribution in [0.2, 0.25) is 0 Å². The van der Waals surface area contributed by atoms with Crippen LogP contribution in [0.5, 0.6) is 0 Å². The van der Waals surface area contributed by atoms with Crippen molar-refractivity contribution in [2.24, 2.45) is 5.92 Å². The molecule has 3 aromatic rings. The molecule has 0 aliphatic heterocycles. The third kappa shape index (κ3) is 4.94. The number of nitrogens with one attached hydrogen (secondary N) is 1. The van der Waals surface area contributed by atoms with Crippen molar-refractivity contribution in [3.63, 3.8) is 0 Å². The Morgan fingerprint density at radius 1 is 1.33 bits per heavy atom. The average molecular weight is 420 g/mol. The van der Waals surface area contributed by atoms with E-state index < -0.39 is 0 Å². The van der Waals surface area contributed by atoms with Crippen molar-refractivity contribution < 1.29 is 4.79 Å². The fourth-order valence-electron chi connectivity index (χ4n) is 2.59. The van der Waals surface area contributed by atoms with Crippen LogP contribution in [0.4, 0.5) is 5.69 Å². The summed E-state index contributed by atoms with van der Waals surface area (Å²) in [5.41, 5.74) is 1.44. The van der Waals surface area contributed by atoms with Crippen LogP contribution in [0.25, 0.3) is 10.2 Å². The molecule has 1 aromatic carbocycles. The topological polar surface area (TPSA) is 64.0 Å². The van der Waals surface area contributed by atoms with Gasteiger partial charge in [-0.05, 0) is 41.8 Å². The van der Waals surface area contributed by atoms with E-state index in [2.05, 4.69) is 24.1 Å². The molecule has 3 rings (SSSR count). The molecule has 0 saturated heterocycles. The molecule has 2 aromatic heterocycles. The summed E-state index contributed by atoms with van der Waals surface area (Å²) in [6.45, 7) is 4.70. The van der Waals surface area contributed by atoms with Gasteiger partial charge in [-0.2, -0.15) is 0 Å². The van der Waals surface area contributed by atoms with Crippen molar-refractivity contribution in [3.05, 3.63) is 46.1 Å². The molecule has 27 heavy (non-hydrogen) atoms. The Hall–Kier alpha value is -1.77. The molecule has 1 amide bonds. The quantitative estimate of drug-likeness (QED) is 0.449. The third-order valence-electron chi connectivity index (χ3n) is 3.76. The number of aromatic nitrogens is 2. The fourth-order valence-corrected chi connectivity index (χ4v) is 4.63. The molecule has 8 heteroatoms. The molecule has 1 N–H and O–H groups in total. The standard InChI is InChI=1S/C19H21N3O2S3/c1-12(2)10-22-18(24)17-15(7-8-26-17)21-19(22)27-11-16(23)20-13-5-4-6-14(9-13)25-3/h4-9,12H,10-11H2,1-3H3,(H,20,23). The number of nitrogens with zero attached hydrogens (tertiary/aromatic N) is 2. The van der Waals surface area contributed by atoms with E-state index in [9.17, 15) is 9.59 Å². The van der Waals surface area contributed by atoms with Crippen LogP contribution in [0, 0.1) is 5.92 Å². The second-order valence-corrected chi connectivity index (χ2v) is 9.15. The number of fused-ring (bicyclic) bond motifs is 1. The van der Waals surface area contributed by atoms with Gasteiger partial charge in [0, 0.05) is 17.1 Å². The largest absolute Gasteiger partial charge is 0.325 e. The van der Waals surface area contributed by atoms with Gasteiger partial charge in [0.2, 0.25) is 5.91 Å². The summed E-state index contributed by atoms with van der Waals surface area (Å²) in [6, 6.07) is 9.57. The Labute approximate surface area is 170 Å². The number of anilines is 1. The molecule has 0 bridgehead atoms. The molecule has 2 heterocycles. The van der Waals surface area contributed by atoms with Gasteiger partial charge in [-0.15, -0.1) is 23.1 Å². The summed E-state index contributed by atoms with van der Waals surface area (Å²) >= 11 is 4.33. The number of amides is 1. The van der Waals surface area contributed by atoms with Gasteiger partial charge in [0.05, 0.1) is 11.3 Å². The molecule has 0 saturated carbocycles. The lowest BCUT2D eigenvalue weighted by atomic mass is 10.2. The van der Waals surface area contributed by atoms with Crippen molar-refractivity contribution in [2.45, 2.75) is 30.4 Å². The smallest absolute Gasteiger partial charge is 0.272 e. The third-order valence-corrected chi connectivity index (χ3v) is 6.36. The van der Waals surface area contributed by atoms with E-state index in [1.54, 1.807) is 16.3 Å². The number of hydrogen-bond acceptors (Lipinski definition) is 6. The van der Waals surface area contributed by atoms with E-state index in [1.807, 2.05) is 42.0 Å². The monoisotopic (exact) mass is 419 g/mol. The van der Waals surface area contributed by atoms with E-state index in [0.717, 1.165) is 10.6 Å². The maximum Gasteiger partial charge on any atom is 0.272 e. The van der Waals surface area contributed by atoms with Gasteiger partial charge in [-0.3, -0.25) is 14.2 Å². The minimum Gasteiger partial charge on any atom is -0.325 e. The Morgan fingerprint density at radius 3 is 2.89 bits per heavy atom. The molecule has 0 aliphatic rings. The second kappa shape index (κ2) is 8.95. The number of carbonyl (C=O) groups is 1. The molecule has 142 valence electrons. The van der Waals surface area contributed by atoms with Gasteiger partial charge >= 0.3 is 0 Å². The number of benzene rings is 1. The molecular weight excluding hydrogens is 398 g/mol. The SMILES string of the molecule is CSc1cccc(NC(=O)CSc2nc3ccsc3c(=O)n2CC(C)C)c1. The highest BCUT2D eigenvalue weighted by atomic mass is 32.2. The van der Waals surface area contributed by atoms with E-state index in [1.165, 1.54) is 23.1 Å². The van der Waals surface area contributed by atoms with Gasteiger partial charge in [0.15, 0.2) is 5.16 Å². The fraction of sp³-hybridized carbons (Fsp3) is 0.316. The first-order chi connectivity index (χ1) is 13.0. The summed E-state index contributed by atoms with van der Waals surface area (Å²) < 4.78 is 2.36. The molecule has 0 atom stereocenters. The highest BCUT2D eigenvalue weighted by Crippen LogP contribution is 2.23. The first-order valence-corrected chi connectivity index (χ1v) is 11.6. The van der Waals surface area contributed by atoms with Crippen LogP contribution in [0.15, 0.2) is 50.6 Å². The number of thioether (sulfide) groups is 2. The summed E-state index contributed by atoms with van der Waals surface area (Å²) in [4.78, 5) is 30.8. The highest BCUT2D eigenvalue weighted by molar-refractivity contribution is 7.99. The van der Waals surface area contributed by atoms with E-state index in [0.29, 0.717) is 27.8 Å². The normalized spacial score (nSPS) is 11.3. The number of rotatable bonds is 7. The maximum atomic E-state index is 12.8. The van der Waals surface area contributed by atoms with Crippen LogP contribution >= 0.6 is 34.9 Å². The summed E-state index contributed by atoms with van der Waals surface area (Å²) in [5, 5.41) is 5.37. The van der Waals surface area contributed by atoms with E-state index in [4.69, 9.17) is 0 Å². The zero-order valence-electron chi connectivity index (χ0n) is 15.4. The van der Waals surface area contributed by atoms with Crippen molar-refractivity contribution in [2.75, 3.05) is 17.3 Å². The molecule has 0 radical (unpaired) electrons. The van der Waals surface area contributed by atoms with Gasteiger partial charge in [-0.25, -0.2) is 4.98 Å². The Kier molecular flexibility index (Phi) is 6.62. The Bertz CT molecular complexity index is 1010. The Morgan fingerprint density at radius 2 is 2.15 bits per heavy atom. The van der Waals surface area contributed by atoms with Crippen LogP contribution in [0.3, 0.4) is 0 Å². The first kappa shape index (κ1) is 20.0. The summed E-state index contributed by atoms with van der Waals surface area (Å²) in [6.07, 6.45) is 2.00. The van der Waals surface area contributed by atoms with E-state index in [-0.39, 0.29) is 17.2 Å². The van der Waals surface area contributed by atoms with Crippen molar-refractivity contribution in [3.8, 4) is 0 Å². The van der Waals surface area contributed by atoms with Crippen LogP contribution in [0.1, 0.15) is 13.8 Å². The number of thiophene rings is 1. The van der Waals surface area contributed by atoms with Crippen molar-refractivity contribution in [1.29, 1.82) is 0 Å². The lowest BCUT2D eigenvalue weighted by Crippen LogP contribution is -2.25. The predicted octanol–water partition coefficient (Wildman–Crippen LogP) is 4.57. The minimum atomic E-state index is -0.117. The van der Waals surface area contributed by atoms with Gasteiger partial charge in [-0.1, -0.05) is 31.7 Å². The summed E-state index contributed by atoms with van der Waals surface area (Å²) in [5.74, 6) is 0.391. The van der Waals surface area contributed by atoms with E-state index >= 15 is 0 Å². The molecule has 0 unspecified atom stereocenters. The Balaban J connectivity index is 1.77. The molecule has 0 fully saturated rings. The first-order valence-electron chi connectivity index (χ1n) is 8.52. The minimum absolute atomic E-state index is 0.0284. The van der Waals surface area contributed by atoms with Gasteiger partial charge < -0.3 is 5.32 Å². The average Bonchev–Trinajstić information content (AvgIpc) is 3.11. The van der Waals surface area contributed by atoms with Crippen LogP contribution < -0.4 is 10.9 Å². The molecule has 0 aliphatic carbocycles. The molecular formula is C19H21N3O2S3. The summed E-state index contributed by atoms with van der Waals surface area (Å²) in [7, 11) is 0. The number of hydrogen-bond donors (Lipinski definition) is 1. The zero-order valence-corrected chi connectivity index (χ0v) is 17.8. The lowest BCUT2D eigenvalue weighted by molar-refractivity contribution is -0.113. The molecule has 0 spiro atoms. The lowest BCUT2D eigenvalue weighted by Gasteiger charge is -2.14. The highest BCUT2D eigenvalue weighted by Gasteiger charge is 2.15. The van der Waals surface area contributed by atoms with Gasteiger partial charge in [0.25, 0.3) is 5.56 Å². The number of carbonyl (C=O) groups excluding carboxylic acids is 1. The zero-order chi connectivity index (χ0) is 19.4. The molecule has 5 nitrogen and oxygen atoms in total. The van der Waals surface area contributed by atoms with Crippen molar-refractivity contribution >= 4 is 56.7 Å².